The molecule has 5 nitrogen and oxygen atoms in total. The fraction of sp³-hybridized carbons (Fsp3) is 0.455. The van der Waals surface area contributed by atoms with Gasteiger partial charge >= 0.3 is 5.97 Å². The summed E-state index contributed by atoms with van der Waals surface area (Å²) >= 11 is 1.62. The first kappa shape index (κ1) is 12.1. The summed E-state index contributed by atoms with van der Waals surface area (Å²) in [6, 6.07) is 1.41. The SMILES string of the molecule is O=C1CN(CCc2ccsc2)C(C(=O)O)CN1. The van der Waals surface area contributed by atoms with Gasteiger partial charge < -0.3 is 10.4 Å². The van der Waals surface area contributed by atoms with Crippen molar-refractivity contribution in [1.82, 2.24) is 10.2 Å². The predicted octanol–water partition coefficient (Wildman–Crippen LogP) is 0.176. The maximum Gasteiger partial charge on any atom is 0.322 e. The lowest BCUT2D eigenvalue weighted by molar-refractivity contribution is -0.145. The average molecular weight is 254 g/mol. The molecule has 2 heterocycles. The smallest absolute Gasteiger partial charge is 0.322 e. The van der Waals surface area contributed by atoms with Crippen molar-refractivity contribution in [1.29, 1.82) is 0 Å². The molecule has 2 N–H and O–H groups in total. The van der Waals surface area contributed by atoms with E-state index in [1.807, 2.05) is 16.8 Å². The van der Waals surface area contributed by atoms with E-state index in [9.17, 15) is 9.59 Å². The minimum Gasteiger partial charge on any atom is -0.480 e. The molecule has 1 saturated heterocycles. The third-order valence-corrected chi connectivity index (χ3v) is 3.56. The third-order valence-electron chi connectivity index (χ3n) is 2.83. The topological polar surface area (TPSA) is 69.6 Å². The molecule has 1 atom stereocenters. The molecule has 6 heteroatoms. The molecule has 1 fully saturated rings. The van der Waals surface area contributed by atoms with Crippen molar-refractivity contribution < 1.29 is 14.7 Å². The number of carboxylic acids is 1. The minimum atomic E-state index is -0.879. The van der Waals surface area contributed by atoms with Gasteiger partial charge in [-0.3, -0.25) is 14.5 Å². The number of hydrogen-bond donors (Lipinski definition) is 2. The van der Waals surface area contributed by atoms with Crippen molar-refractivity contribution in [2.24, 2.45) is 0 Å². The zero-order chi connectivity index (χ0) is 12.3. The molecule has 92 valence electrons. The number of carboxylic acid groups (broad SMARTS) is 1. The average Bonchev–Trinajstić information content (AvgIpc) is 2.78. The van der Waals surface area contributed by atoms with Crippen molar-refractivity contribution in [3.05, 3.63) is 22.4 Å². The largest absolute Gasteiger partial charge is 0.480 e. The molecule has 1 aliphatic rings. The molecule has 1 amide bonds. The van der Waals surface area contributed by atoms with E-state index >= 15 is 0 Å². The number of nitrogens with one attached hydrogen (secondary N) is 1. The lowest BCUT2D eigenvalue weighted by atomic mass is 10.1. The number of carbonyl (C=O) groups excluding carboxylic acids is 1. The predicted molar refractivity (Wildman–Crippen MR) is 64.0 cm³/mol. The zero-order valence-electron chi connectivity index (χ0n) is 9.26. The number of nitrogens with zero attached hydrogens (tertiary/aromatic N) is 1. The molecule has 1 unspecified atom stereocenters. The van der Waals surface area contributed by atoms with Crippen LogP contribution in [0.4, 0.5) is 0 Å². The Morgan fingerprint density at radius 1 is 1.65 bits per heavy atom. The standard InChI is InChI=1S/C11H14N2O3S/c14-10-6-13(9(5-12-10)11(15)16)3-1-8-2-4-17-7-8/h2,4,7,9H,1,3,5-6H2,(H,12,14)(H,15,16). The molecular weight excluding hydrogens is 240 g/mol. The quantitative estimate of drug-likeness (QED) is 0.804. The lowest BCUT2D eigenvalue weighted by Gasteiger charge is -2.32. The van der Waals surface area contributed by atoms with Gasteiger partial charge in [-0.05, 0) is 28.8 Å². The molecule has 1 aliphatic heterocycles. The van der Waals surface area contributed by atoms with Crippen LogP contribution in [0.15, 0.2) is 16.8 Å². The normalized spacial score (nSPS) is 21.2. The summed E-state index contributed by atoms with van der Waals surface area (Å²) in [5.41, 5.74) is 1.19. The second-order valence-corrected chi connectivity index (χ2v) is 4.79. The molecule has 0 saturated carbocycles. The summed E-state index contributed by atoms with van der Waals surface area (Å²) < 4.78 is 0. The highest BCUT2D eigenvalue weighted by Gasteiger charge is 2.31. The summed E-state index contributed by atoms with van der Waals surface area (Å²) in [6.45, 7) is 0.958. The summed E-state index contributed by atoms with van der Waals surface area (Å²) in [7, 11) is 0. The van der Waals surface area contributed by atoms with Crippen LogP contribution in [0.25, 0.3) is 0 Å². The summed E-state index contributed by atoms with van der Waals surface area (Å²) in [5.74, 6) is -0.983. The molecule has 2 rings (SSSR count). The van der Waals surface area contributed by atoms with Crippen LogP contribution in [0.3, 0.4) is 0 Å². The van der Waals surface area contributed by atoms with Gasteiger partial charge in [0.15, 0.2) is 0 Å². The van der Waals surface area contributed by atoms with Crippen molar-refractivity contribution in [2.45, 2.75) is 12.5 Å². The summed E-state index contributed by atoms with van der Waals surface area (Å²) in [6.07, 6.45) is 0.778. The first-order chi connectivity index (χ1) is 8.16. The molecule has 0 aromatic carbocycles. The van der Waals surface area contributed by atoms with Gasteiger partial charge in [0.25, 0.3) is 0 Å². The van der Waals surface area contributed by atoms with Crippen LogP contribution < -0.4 is 5.32 Å². The number of amides is 1. The molecule has 0 bridgehead atoms. The van der Waals surface area contributed by atoms with E-state index in [0.29, 0.717) is 6.54 Å². The van der Waals surface area contributed by atoms with E-state index in [1.54, 1.807) is 16.2 Å². The number of carbonyl (C=O) groups is 2. The van der Waals surface area contributed by atoms with Crippen LogP contribution >= 0.6 is 11.3 Å². The lowest BCUT2D eigenvalue weighted by Crippen LogP contribution is -2.57. The van der Waals surface area contributed by atoms with Gasteiger partial charge in [0.05, 0.1) is 6.54 Å². The van der Waals surface area contributed by atoms with Crippen LogP contribution in [0.2, 0.25) is 0 Å². The first-order valence-electron chi connectivity index (χ1n) is 5.41. The van der Waals surface area contributed by atoms with Gasteiger partial charge in [-0.2, -0.15) is 11.3 Å². The molecule has 0 radical (unpaired) electrons. The van der Waals surface area contributed by atoms with Crippen LogP contribution in [0.1, 0.15) is 5.56 Å². The van der Waals surface area contributed by atoms with Crippen molar-refractivity contribution >= 4 is 23.2 Å². The van der Waals surface area contributed by atoms with Crippen molar-refractivity contribution in [3.63, 3.8) is 0 Å². The van der Waals surface area contributed by atoms with Crippen LogP contribution in [-0.4, -0.2) is 47.6 Å². The Morgan fingerprint density at radius 3 is 3.12 bits per heavy atom. The number of piperazine rings is 1. The van der Waals surface area contributed by atoms with E-state index in [1.165, 1.54) is 5.56 Å². The first-order valence-corrected chi connectivity index (χ1v) is 6.35. The van der Waals surface area contributed by atoms with Gasteiger partial charge in [-0.1, -0.05) is 0 Å². The van der Waals surface area contributed by atoms with Gasteiger partial charge in [0, 0.05) is 13.1 Å². The van der Waals surface area contributed by atoms with Gasteiger partial charge in [-0.15, -0.1) is 0 Å². The zero-order valence-corrected chi connectivity index (χ0v) is 10.1. The highest BCUT2D eigenvalue weighted by Crippen LogP contribution is 2.10. The molecule has 1 aromatic heterocycles. The molecule has 0 spiro atoms. The number of thiophene rings is 1. The monoisotopic (exact) mass is 254 g/mol. The van der Waals surface area contributed by atoms with Crippen LogP contribution in [0.5, 0.6) is 0 Å². The fourth-order valence-electron chi connectivity index (χ4n) is 1.88. The van der Waals surface area contributed by atoms with E-state index in [2.05, 4.69) is 5.32 Å². The Kier molecular flexibility index (Phi) is 3.75. The Hall–Kier alpha value is -1.40. The van der Waals surface area contributed by atoms with Gasteiger partial charge in [0.2, 0.25) is 5.91 Å². The maximum absolute atomic E-state index is 11.3. The van der Waals surface area contributed by atoms with E-state index in [-0.39, 0.29) is 19.0 Å². The molecule has 1 aromatic rings. The summed E-state index contributed by atoms with van der Waals surface area (Å²) in [5, 5.41) is 15.7. The highest BCUT2D eigenvalue weighted by atomic mass is 32.1. The second kappa shape index (κ2) is 5.29. The Balaban J connectivity index is 1.95. The van der Waals surface area contributed by atoms with Gasteiger partial charge in [-0.25, -0.2) is 0 Å². The van der Waals surface area contributed by atoms with Crippen LogP contribution in [0, 0.1) is 0 Å². The molecular formula is C11H14N2O3S. The number of hydrogen-bond acceptors (Lipinski definition) is 4. The Bertz CT molecular complexity index is 405. The van der Waals surface area contributed by atoms with E-state index < -0.39 is 12.0 Å². The Morgan fingerprint density at radius 2 is 2.47 bits per heavy atom. The Labute approximate surface area is 103 Å². The molecule has 17 heavy (non-hydrogen) atoms. The maximum atomic E-state index is 11.3. The molecule has 0 aliphatic carbocycles. The fourth-order valence-corrected chi connectivity index (χ4v) is 2.58. The van der Waals surface area contributed by atoms with Crippen molar-refractivity contribution in [3.8, 4) is 0 Å². The summed E-state index contributed by atoms with van der Waals surface area (Å²) in [4.78, 5) is 24.0. The van der Waals surface area contributed by atoms with Gasteiger partial charge in [0.1, 0.15) is 6.04 Å². The minimum absolute atomic E-state index is 0.104. The number of rotatable bonds is 4. The van der Waals surface area contributed by atoms with E-state index in [0.717, 1.165) is 6.42 Å². The van der Waals surface area contributed by atoms with Crippen LogP contribution in [-0.2, 0) is 16.0 Å². The number of aliphatic carboxylic acids is 1. The highest BCUT2D eigenvalue weighted by molar-refractivity contribution is 7.07. The third kappa shape index (κ3) is 3.04. The van der Waals surface area contributed by atoms with E-state index in [4.69, 9.17) is 5.11 Å². The second-order valence-electron chi connectivity index (χ2n) is 4.01. The van der Waals surface area contributed by atoms with Crippen molar-refractivity contribution in [2.75, 3.05) is 19.6 Å².